The van der Waals surface area contributed by atoms with Crippen molar-refractivity contribution in [2.24, 2.45) is 0 Å². The number of aliphatic hydroxyl groups is 1. The molecule has 0 aliphatic carbocycles. The van der Waals surface area contributed by atoms with Gasteiger partial charge in [-0.05, 0) is 43.6 Å². The maximum atomic E-state index is 9.34. The monoisotopic (exact) mass is 228 g/mol. The first-order chi connectivity index (χ1) is 6.67. The molecule has 0 aliphatic rings. The summed E-state index contributed by atoms with van der Waals surface area (Å²) in [6.07, 6.45) is 4.63. The molecule has 0 aromatic heterocycles. The van der Waals surface area contributed by atoms with Crippen LogP contribution in [0.15, 0.2) is 28.0 Å². The average Bonchev–Trinajstić information content (AvgIpc) is 2.17. The number of aliphatic hydroxyl groups excluding tert-OH is 1. The average molecular weight is 228 g/mol. The first-order valence-corrected chi connectivity index (χ1v) is 7.01. The molecule has 3 heteroatoms. The van der Waals surface area contributed by atoms with Crippen molar-refractivity contribution in [3.8, 4) is 0 Å². The van der Waals surface area contributed by atoms with Gasteiger partial charge in [-0.25, -0.2) is 0 Å². The van der Waals surface area contributed by atoms with Gasteiger partial charge < -0.3 is 5.11 Å². The first kappa shape index (κ1) is 12.0. The molecule has 0 fully saturated rings. The van der Waals surface area contributed by atoms with Crippen LogP contribution in [0.5, 0.6) is 0 Å². The van der Waals surface area contributed by atoms with Crippen LogP contribution in [0.25, 0.3) is 0 Å². The van der Waals surface area contributed by atoms with E-state index in [4.69, 9.17) is 0 Å². The predicted molar refractivity (Wildman–Crippen MR) is 65.4 cm³/mol. The van der Waals surface area contributed by atoms with E-state index < -0.39 is 0 Å². The molecule has 1 N–H and O–H groups in total. The quantitative estimate of drug-likeness (QED) is 0.800. The fraction of sp³-hybridized carbons (Fsp3) is 0.455. The van der Waals surface area contributed by atoms with Gasteiger partial charge in [0, 0.05) is 9.79 Å². The van der Waals surface area contributed by atoms with E-state index in [2.05, 4.69) is 30.7 Å². The SMILES string of the molecule is CSc1ccc(CC(C)O)c(SC)c1. The summed E-state index contributed by atoms with van der Waals surface area (Å²) in [6.45, 7) is 1.83. The van der Waals surface area contributed by atoms with Gasteiger partial charge in [-0.3, -0.25) is 0 Å². The minimum atomic E-state index is -0.263. The molecule has 0 heterocycles. The Bertz CT molecular complexity index is 297. The van der Waals surface area contributed by atoms with Crippen molar-refractivity contribution in [1.29, 1.82) is 0 Å². The molecule has 0 spiro atoms. The second-order valence-electron chi connectivity index (χ2n) is 3.23. The Morgan fingerprint density at radius 1 is 1.29 bits per heavy atom. The zero-order valence-corrected chi connectivity index (χ0v) is 10.4. The van der Waals surface area contributed by atoms with Gasteiger partial charge in [-0.1, -0.05) is 6.07 Å². The van der Waals surface area contributed by atoms with Crippen molar-refractivity contribution in [1.82, 2.24) is 0 Å². The third-order valence-electron chi connectivity index (χ3n) is 2.01. The topological polar surface area (TPSA) is 20.2 Å². The largest absolute Gasteiger partial charge is 0.393 e. The van der Waals surface area contributed by atoms with Crippen LogP contribution >= 0.6 is 23.5 Å². The Morgan fingerprint density at radius 2 is 2.00 bits per heavy atom. The van der Waals surface area contributed by atoms with Crippen LogP contribution in [-0.4, -0.2) is 23.7 Å². The highest BCUT2D eigenvalue weighted by Gasteiger charge is 2.05. The molecule has 1 rings (SSSR count). The third-order valence-corrected chi connectivity index (χ3v) is 3.55. The molecule has 1 atom stereocenters. The second kappa shape index (κ2) is 5.69. The number of rotatable bonds is 4. The summed E-state index contributed by atoms with van der Waals surface area (Å²) < 4.78 is 0. The van der Waals surface area contributed by atoms with Crippen LogP contribution < -0.4 is 0 Å². The Hall–Kier alpha value is -0.120. The lowest BCUT2D eigenvalue weighted by molar-refractivity contribution is 0.194. The van der Waals surface area contributed by atoms with Crippen LogP contribution in [0.1, 0.15) is 12.5 Å². The maximum absolute atomic E-state index is 9.34. The molecular formula is C11H16OS2. The lowest BCUT2D eigenvalue weighted by Crippen LogP contribution is -2.05. The van der Waals surface area contributed by atoms with Crippen LogP contribution in [0, 0.1) is 0 Å². The summed E-state index contributed by atoms with van der Waals surface area (Å²) in [6, 6.07) is 6.42. The maximum Gasteiger partial charge on any atom is 0.0552 e. The highest BCUT2D eigenvalue weighted by atomic mass is 32.2. The van der Waals surface area contributed by atoms with Gasteiger partial charge in [-0.15, -0.1) is 23.5 Å². The van der Waals surface area contributed by atoms with E-state index in [-0.39, 0.29) is 6.10 Å². The lowest BCUT2D eigenvalue weighted by Gasteiger charge is -2.10. The highest BCUT2D eigenvalue weighted by molar-refractivity contribution is 7.99. The molecule has 0 aliphatic heterocycles. The standard InChI is InChI=1S/C11H16OS2/c1-8(12)6-9-4-5-10(13-2)7-11(9)14-3/h4-5,7-8,12H,6H2,1-3H3. The number of hydrogen-bond acceptors (Lipinski definition) is 3. The van der Waals surface area contributed by atoms with E-state index in [1.165, 1.54) is 15.4 Å². The van der Waals surface area contributed by atoms with Gasteiger partial charge in [0.15, 0.2) is 0 Å². The zero-order valence-electron chi connectivity index (χ0n) is 8.78. The molecule has 14 heavy (non-hydrogen) atoms. The molecule has 0 saturated heterocycles. The van der Waals surface area contributed by atoms with E-state index in [1.54, 1.807) is 23.5 Å². The van der Waals surface area contributed by atoms with Crippen molar-refractivity contribution >= 4 is 23.5 Å². The van der Waals surface area contributed by atoms with Gasteiger partial charge in [0.2, 0.25) is 0 Å². The zero-order chi connectivity index (χ0) is 10.6. The summed E-state index contributed by atoms with van der Waals surface area (Å²) in [5.74, 6) is 0. The van der Waals surface area contributed by atoms with Crippen LogP contribution in [-0.2, 0) is 6.42 Å². The molecule has 0 bridgehead atoms. The Kier molecular flexibility index (Phi) is 4.85. The lowest BCUT2D eigenvalue weighted by atomic mass is 10.1. The number of thioether (sulfide) groups is 2. The fourth-order valence-electron chi connectivity index (χ4n) is 1.34. The highest BCUT2D eigenvalue weighted by Crippen LogP contribution is 2.26. The van der Waals surface area contributed by atoms with Crippen molar-refractivity contribution < 1.29 is 5.11 Å². The molecule has 0 radical (unpaired) electrons. The van der Waals surface area contributed by atoms with Crippen molar-refractivity contribution in [3.63, 3.8) is 0 Å². The fourth-order valence-corrected chi connectivity index (χ4v) is 2.51. The molecule has 1 aromatic carbocycles. The third kappa shape index (κ3) is 3.23. The Balaban J connectivity index is 2.93. The number of benzene rings is 1. The molecule has 1 unspecified atom stereocenters. The summed E-state index contributed by atoms with van der Waals surface area (Å²) in [4.78, 5) is 2.56. The van der Waals surface area contributed by atoms with Crippen LogP contribution in [0.4, 0.5) is 0 Å². The molecule has 78 valence electrons. The predicted octanol–water partition coefficient (Wildman–Crippen LogP) is 3.05. The minimum absolute atomic E-state index is 0.263. The normalized spacial score (nSPS) is 12.9. The van der Waals surface area contributed by atoms with E-state index in [1.807, 2.05) is 6.92 Å². The van der Waals surface area contributed by atoms with Gasteiger partial charge in [0.25, 0.3) is 0 Å². The molecular weight excluding hydrogens is 212 g/mol. The summed E-state index contributed by atoms with van der Waals surface area (Å²) >= 11 is 3.49. The Labute approximate surface area is 94.3 Å². The van der Waals surface area contributed by atoms with Gasteiger partial charge >= 0.3 is 0 Å². The molecule has 1 nitrogen and oxygen atoms in total. The Morgan fingerprint density at radius 3 is 2.50 bits per heavy atom. The van der Waals surface area contributed by atoms with Crippen molar-refractivity contribution in [3.05, 3.63) is 23.8 Å². The molecule has 0 amide bonds. The van der Waals surface area contributed by atoms with Crippen molar-refractivity contribution in [2.75, 3.05) is 12.5 Å². The van der Waals surface area contributed by atoms with E-state index in [9.17, 15) is 5.11 Å². The smallest absolute Gasteiger partial charge is 0.0552 e. The molecule has 1 aromatic rings. The summed E-state index contributed by atoms with van der Waals surface area (Å²) in [7, 11) is 0. The minimum Gasteiger partial charge on any atom is -0.393 e. The van der Waals surface area contributed by atoms with Gasteiger partial charge in [-0.2, -0.15) is 0 Å². The van der Waals surface area contributed by atoms with E-state index >= 15 is 0 Å². The summed E-state index contributed by atoms with van der Waals surface area (Å²) in [5.41, 5.74) is 1.24. The summed E-state index contributed by atoms with van der Waals surface area (Å²) in [5, 5.41) is 9.34. The van der Waals surface area contributed by atoms with E-state index in [0.717, 1.165) is 6.42 Å². The van der Waals surface area contributed by atoms with E-state index in [0.29, 0.717) is 0 Å². The van der Waals surface area contributed by atoms with Crippen LogP contribution in [0.2, 0.25) is 0 Å². The second-order valence-corrected chi connectivity index (χ2v) is 4.96. The number of hydrogen-bond donors (Lipinski definition) is 1. The first-order valence-electron chi connectivity index (χ1n) is 4.56. The van der Waals surface area contributed by atoms with Crippen molar-refractivity contribution in [2.45, 2.75) is 29.2 Å². The molecule has 0 saturated carbocycles. The van der Waals surface area contributed by atoms with Gasteiger partial charge in [0.05, 0.1) is 6.10 Å². The van der Waals surface area contributed by atoms with Crippen LogP contribution in [0.3, 0.4) is 0 Å². The van der Waals surface area contributed by atoms with Gasteiger partial charge in [0.1, 0.15) is 0 Å².